The van der Waals surface area contributed by atoms with Crippen molar-refractivity contribution in [3.63, 3.8) is 0 Å². The number of para-hydroxylation sites is 1. The van der Waals surface area contributed by atoms with Crippen LogP contribution in [0.1, 0.15) is 0 Å². The van der Waals surface area contributed by atoms with Gasteiger partial charge in [0.1, 0.15) is 0 Å². The number of rotatable bonds is 3. The molecule has 0 saturated heterocycles. The van der Waals surface area contributed by atoms with Crippen LogP contribution >= 0.6 is 11.3 Å². The molecule has 0 spiro atoms. The molecule has 12 rings (SSSR count). The molecule has 4 heteroatoms. The van der Waals surface area contributed by atoms with Gasteiger partial charge in [0.25, 0.3) is 0 Å². The van der Waals surface area contributed by atoms with Crippen LogP contribution < -0.4 is 0 Å². The zero-order chi connectivity index (χ0) is 35.3. The van der Waals surface area contributed by atoms with Crippen molar-refractivity contribution in [1.29, 1.82) is 0 Å². The van der Waals surface area contributed by atoms with E-state index in [2.05, 4.69) is 180 Å². The van der Waals surface area contributed by atoms with E-state index in [-0.39, 0.29) is 0 Å². The third kappa shape index (κ3) is 4.23. The monoisotopic (exact) mass is 703 g/mol. The quantitative estimate of drug-likeness (QED) is 0.172. The average Bonchev–Trinajstić information content (AvgIpc) is 3.79. The van der Waals surface area contributed by atoms with Gasteiger partial charge in [-0.25, -0.2) is 9.97 Å². The largest absolute Gasteiger partial charge is 0.277 e. The van der Waals surface area contributed by atoms with Crippen LogP contribution in [0.2, 0.25) is 0 Å². The highest BCUT2D eigenvalue weighted by atomic mass is 32.1. The van der Waals surface area contributed by atoms with Gasteiger partial charge in [-0.15, -0.1) is 11.3 Å². The Morgan fingerprint density at radius 1 is 0.407 bits per heavy atom. The molecule has 3 aromatic heterocycles. The van der Waals surface area contributed by atoms with Crippen molar-refractivity contribution in [2.75, 3.05) is 0 Å². The summed E-state index contributed by atoms with van der Waals surface area (Å²) >= 11 is 1.87. The summed E-state index contributed by atoms with van der Waals surface area (Å²) in [4.78, 5) is 11.0. The van der Waals surface area contributed by atoms with E-state index in [9.17, 15) is 0 Å². The molecular formula is C50H29N3S. The number of hydrogen-bond acceptors (Lipinski definition) is 3. The predicted octanol–water partition coefficient (Wildman–Crippen LogP) is 13.9. The molecule has 0 saturated carbocycles. The predicted molar refractivity (Wildman–Crippen MR) is 230 cm³/mol. The lowest BCUT2D eigenvalue weighted by Gasteiger charge is -2.15. The van der Waals surface area contributed by atoms with Gasteiger partial charge in [-0.3, -0.25) is 4.57 Å². The van der Waals surface area contributed by atoms with E-state index >= 15 is 0 Å². The highest BCUT2D eigenvalue weighted by Gasteiger charge is 2.22. The SMILES string of the molecule is c1ccc(-c2nc(-n3c4ccc5ccccc5c4c4cccc(-c5ccc6c(c5)sc5ccc7ccccc7c56)c43)nc3c2ccc2ccccc23)cc1. The first-order chi connectivity index (χ1) is 26.8. The molecule has 12 aromatic rings. The Kier molecular flexibility index (Phi) is 6.21. The Morgan fingerprint density at radius 2 is 1.06 bits per heavy atom. The number of hydrogen-bond donors (Lipinski definition) is 0. The average molecular weight is 704 g/mol. The van der Waals surface area contributed by atoms with Crippen molar-refractivity contribution < 1.29 is 0 Å². The number of benzene rings is 9. The molecule has 3 nitrogen and oxygen atoms in total. The van der Waals surface area contributed by atoms with E-state index in [1.54, 1.807) is 0 Å². The molecule has 3 heterocycles. The summed E-state index contributed by atoms with van der Waals surface area (Å²) in [6, 6.07) is 63.6. The van der Waals surface area contributed by atoms with Crippen LogP contribution in [0, 0.1) is 0 Å². The van der Waals surface area contributed by atoms with E-state index in [0.29, 0.717) is 5.95 Å². The summed E-state index contributed by atoms with van der Waals surface area (Å²) in [5.74, 6) is 0.662. The van der Waals surface area contributed by atoms with Crippen LogP contribution in [0.25, 0.3) is 114 Å². The summed E-state index contributed by atoms with van der Waals surface area (Å²) in [7, 11) is 0. The van der Waals surface area contributed by atoms with Crippen LogP contribution in [0.15, 0.2) is 176 Å². The second kappa shape index (κ2) is 11.3. The minimum Gasteiger partial charge on any atom is -0.277 e. The van der Waals surface area contributed by atoms with E-state index in [4.69, 9.17) is 9.97 Å². The molecule has 0 amide bonds. The van der Waals surface area contributed by atoms with E-state index < -0.39 is 0 Å². The lowest BCUT2D eigenvalue weighted by atomic mass is 9.98. The first-order valence-electron chi connectivity index (χ1n) is 18.3. The molecule has 0 atom stereocenters. The highest BCUT2D eigenvalue weighted by molar-refractivity contribution is 7.26. The third-order valence-corrected chi connectivity index (χ3v) is 12.3. The van der Waals surface area contributed by atoms with Gasteiger partial charge in [-0.2, -0.15) is 0 Å². The van der Waals surface area contributed by atoms with Gasteiger partial charge in [-0.05, 0) is 56.8 Å². The van der Waals surface area contributed by atoms with Gasteiger partial charge in [0.05, 0.1) is 22.2 Å². The zero-order valence-electron chi connectivity index (χ0n) is 29.0. The Morgan fingerprint density at radius 3 is 1.87 bits per heavy atom. The van der Waals surface area contributed by atoms with Crippen molar-refractivity contribution >= 4 is 96.5 Å². The number of fused-ring (bicyclic) bond motifs is 13. The van der Waals surface area contributed by atoms with Crippen molar-refractivity contribution in [3.8, 4) is 28.3 Å². The van der Waals surface area contributed by atoms with Gasteiger partial charge in [0.15, 0.2) is 0 Å². The topological polar surface area (TPSA) is 30.7 Å². The molecular weight excluding hydrogens is 675 g/mol. The molecule has 0 aliphatic carbocycles. The maximum absolute atomic E-state index is 5.51. The van der Waals surface area contributed by atoms with E-state index in [1.807, 2.05) is 11.3 Å². The number of nitrogens with zero attached hydrogens (tertiary/aromatic N) is 3. The van der Waals surface area contributed by atoms with Crippen LogP contribution in [0.3, 0.4) is 0 Å². The Labute approximate surface area is 314 Å². The minimum absolute atomic E-state index is 0.662. The molecule has 54 heavy (non-hydrogen) atoms. The van der Waals surface area contributed by atoms with Crippen LogP contribution in [0.4, 0.5) is 0 Å². The molecule has 0 radical (unpaired) electrons. The second-order valence-corrected chi connectivity index (χ2v) is 15.2. The maximum Gasteiger partial charge on any atom is 0.235 e. The van der Waals surface area contributed by atoms with E-state index in [1.165, 1.54) is 58.1 Å². The smallest absolute Gasteiger partial charge is 0.235 e. The fourth-order valence-corrected chi connectivity index (χ4v) is 9.92. The summed E-state index contributed by atoms with van der Waals surface area (Å²) in [5, 5.41) is 13.4. The first kappa shape index (κ1) is 29.7. The molecule has 0 aliphatic heterocycles. The van der Waals surface area contributed by atoms with Crippen molar-refractivity contribution in [2.45, 2.75) is 0 Å². The van der Waals surface area contributed by atoms with Gasteiger partial charge in [0, 0.05) is 52.8 Å². The molecule has 0 fully saturated rings. The number of aromatic nitrogens is 3. The highest BCUT2D eigenvalue weighted by Crippen LogP contribution is 2.44. The summed E-state index contributed by atoms with van der Waals surface area (Å²) in [6.07, 6.45) is 0. The summed E-state index contributed by atoms with van der Waals surface area (Å²) < 4.78 is 4.91. The maximum atomic E-state index is 5.51. The van der Waals surface area contributed by atoms with Crippen LogP contribution in [-0.4, -0.2) is 14.5 Å². The molecule has 0 bridgehead atoms. The van der Waals surface area contributed by atoms with Gasteiger partial charge < -0.3 is 0 Å². The molecule has 0 unspecified atom stereocenters. The van der Waals surface area contributed by atoms with Crippen molar-refractivity contribution in [3.05, 3.63) is 176 Å². The molecule has 0 aliphatic rings. The fraction of sp³-hybridized carbons (Fsp3) is 0. The van der Waals surface area contributed by atoms with Crippen molar-refractivity contribution in [2.24, 2.45) is 0 Å². The Bertz CT molecular complexity index is 3500. The third-order valence-electron chi connectivity index (χ3n) is 11.2. The van der Waals surface area contributed by atoms with Gasteiger partial charge >= 0.3 is 0 Å². The Hall–Kier alpha value is -6.88. The fourth-order valence-electron chi connectivity index (χ4n) is 8.76. The minimum atomic E-state index is 0.662. The van der Waals surface area contributed by atoms with E-state index in [0.717, 1.165) is 49.5 Å². The standard InChI is InChI=1S/C50H29N3S/c1-2-14-33(15-3-1)47-41-26-21-32-13-6-9-18-37(32)48(41)52-50(51-47)53-42-27-23-30-11-4-7-16-35(30)45(42)40-20-10-19-38(49(40)53)34-22-25-39-44(29-34)54-43-28-24-31-12-5-8-17-36(31)46(39)43/h1-29H. The van der Waals surface area contributed by atoms with Gasteiger partial charge in [0.2, 0.25) is 5.95 Å². The molecule has 250 valence electrons. The van der Waals surface area contributed by atoms with Crippen LogP contribution in [0.5, 0.6) is 0 Å². The summed E-state index contributed by atoms with van der Waals surface area (Å²) in [6.45, 7) is 0. The molecule has 0 N–H and O–H groups in total. The summed E-state index contributed by atoms with van der Waals surface area (Å²) in [5.41, 5.74) is 7.46. The first-order valence-corrected chi connectivity index (χ1v) is 19.1. The lowest BCUT2D eigenvalue weighted by molar-refractivity contribution is 1.02. The van der Waals surface area contributed by atoms with Gasteiger partial charge in [-0.1, -0.05) is 152 Å². The van der Waals surface area contributed by atoms with Crippen molar-refractivity contribution in [1.82, 2.24) is 14.5 Å². The number of thiophene rings is 1. The second-order valence-electron chi connectivity index (χ2n) is 14.1. The Balaban J connectivity index is 1.21. The zero-order valence-corrected chi connectivity index (χ0v) is 29.8. The molecule has 9 aromatic carbocycles. The lowest BCUT2D eigenvalue weighted by Crippen LogP contribution is -2.04. The van der Waals surface area contributed by atoms with Crippen LogP contribution in [-0.2, 0) is 0 Å². The normalized spacial score (nSPS) is 12.1.